The van der Waals surface area contributed by atoms with Crippen LogP contribution in [0.15, 0.2) is 58.4 Å². The Bertz CT molecular complexity index is 943. The molecule has 158 valence electrons. The van der Waals surface area contributed by atoms with Crippen molar-refractivity contribution >= 4 is 16.0 Å². The number of nitrogens with zero attached hydrogens (tertiary/aromatic N) is 1. The molecule has 0 saturated heterocycles. The Labute approximate surface area is 168 Å². The summed E-state index contributed by atoms with van der Waals surface area (Å²) in [6.07, 6.45) is -3.79. The third-order valence-corrected chi connectivity index (χ3v) is 4.91. The predicted molar refractivity (Wildman–Crippen MR) is 106 cm³/mol. The Morgan fingerprint density at radius 1 is 1.07 bits per heavy atom. The number of rotatable bonds is 7. The van der Waals surface area contributed by atoms with Crippen molar-refractivity contribution in [2.75, 3.05) is 13.1 Å². The lowest BCUT2D eigenvalue weighted by Crippen LogP contribution is -2.38. The van der Waals surface area contributed by atoms with Gasteiger partial charge in [0.05, 0.1) is 17.0 Å². The first kappa shape index (κ1) is 22.7. The topological polar surface area (TPSA) is 96.6 Å². The van der Waals surface area contributed by atoms with E-state index in [1.54, 1.807) is 18.2 Å². The Morgan fingerprint density at radius 3 is 2.34 bits per heavy atom. The van der Waals surface area contributed by atoms with E-state index in [0.717, 1.165) is 17.7 Å². The minimum absolute atomic E-state index is 0.0465. The molecule has 2 aromatic carbocycles. The second-order valence-corrected chi connectivity index (χ2v) is 7.82. The van der Waals surface area contributed by atoms with Crippen LogP contribution in [0.4, 0.5) is 13.2 Å². The number of hydrogen-bond acceptors (Lipinski definition) is 3. The van der Waals surface area contributed by atoms with Crippen LogP contribution in [0.2, 0.25) is 0 Å². The van der Waals surface area contributed by atoms with E-state index in [1.165, 1.54) is 18.2 Å². The van der Waals surface area contributed by atoms with Gasteiger partial charge in [-0.1, -0.05) is 24.3 Å². The van der Waals surface area contributed by atoms with Crippen LogP contribution in [0.5, 0.6) is 0 Å². The second kappa shape index (κ2) is 9.75. The van der Waals surface area contributed by atoms with Crippen LogP contribution in [0, 0.1) is 0 Å². The fourth-order valence-electron chi connectivity index (χ4n) is 2.53. The molecule has 0 radical (unpaired) electrons. The zero-order valence-electron chi connectivity index (χ0n) is 15.8. The van der Waals surface area contributed by atoms with E-state index in [4.69, 9.17) is 5.14 Å². The number of guanidine groups is 1. The maximum atomic E-state index is 12.8. The number of alkyl halides is 3. The summed E-state index contributed by atoms with van der Waals surface area (Å²) in [5, 5.41) is 11.2. The summed E-state index contributed by atoms with van der Waals surface area (Å²) in [6.45, 7) is 3.08. The summed E-state index contributed by atoms with van der Waals surface area (Å²) in [6, 6.07) is 11.3. The molecule has 0 bridgehead atoms. The van der Waals surface area contributed by atoms with E-state index in [2.05, 4.69) is 15.6 Å². The molecule has 6 nitrogen and oxygen atoms in total. The van der Waals surface area contributed by atoms with Gasteiger partial charge in [-0.25, -0.2) is 18.5 Å². The van der Waals surface area contributed by atoms with Crippen LogP contribution in [-0.4, -0.2) is 27.5 Å². The fourth-order valence-corrected chi connectivity index (χ4v) is 3.04. The molecule has 29 heavy (non-hydrogen) atoms. The second-order valence-electron chi connectivity index (χ2n) is 6.26. The monoisotopic (exact) mass is 428 g/mol. The molecule has 0 aliphatic rings. The SMILES string of the molecule is CCNC(=NCc1cccc(C(F)(F)F)c1)NCCc1ccc(S(N)(=O)=O)cc1. The normalized spacial score (nSPS) is 12.7. The zero-order chi connectivity index (χ0) is 21.5. The van der Waals surface area contributed by atoms with E-state index < -0.39 is 21.8 Å². The van der Waals surface area contributed by atoms with Gasteiger partial charge in [-0.3, -0.25) is 0 Å². The molecule has 0 aliphatic carbocycles. The molecule has 0 aromatic heterocycles. The van der Waals surface area contributed by atoms with Gasteiger partial charge in [-0.05, 0) is 48.7 Å². The van der Waals surface area contributed by atoms with E-state index in [0.29, 0.717) is 31.0 Å². The first-order valence-corrected chi connectivity index (χ1v) is 10.4. The smallest absolute Gasteiger partial charge is 0.357 e. The summed E-state index contributed by atoms with van der Waals surface area (Å²) in [7, 11) is -3.72. The molecule has 0 unspecified atom stereocenters. The highest BCUT2D eigenvalue weighted by Gasteiger charge is 2.30. The number of nitrogens with two attached hydrogens (primary N) is 1. The van der Waals surface area contributed by atoms with Crippen LogP contribution in [0.3, 0.4) is 0 Å². The number of nitrogens with one attached hydrogen (secondary N) is 2. The molecule has 2 rings (SSSR count). The summed E-state index contributed by atoms with van der Waals surface area (Å²) < 4.78 is 60.9. The van der Waals surface area contributed by atoms with Gasteiger partial charge in [0.25, 0.3) is 0 Å². The van der Waals surface area contributed by atoms with Gasteiger partial charge in [0, 0.05) is 13.1 Å². The molecule has 0 fully saturated rings. The molecule has 0 aliphatic heterocycles. The highest BCUT2D eigenvalue weighted by Crippen LogP contribution is 2.29. The predicted octanol–water partition coefficient (Wildman–Crippen LogP) is 2.65. The maximum absolute atomic E-state index is 12.8. The third-order valence-electron chi connectivity index (χ3n) is 3.98. The minimum atomic E-state index is -4.39. The first-order valence-electron chi connectivity index (χ1n) is 8.89. The lowest BCUT2D eigenvalue weighted by atomic mass is 10.1. The standard InChI is InChI=1S/C19H23F3N4O2S/c1-2-24-18(26-13-15-4-3-5-16(12-15)19(20,21)22)25-11-10-14-6-8-17(9-7-14)29(23,27)28/h3-9,12H,2,10-11,13H2,1H3,(H2,23,27,28)(H2,24,25,26). The van der Waals surface area contributed by atoms with Crippen molar-refractivity contribution in [3.8, 4) is 0 Å². The third kappa shape index (κ3) is 7.39. The summed E-state index contributed by atoms with van der Waals surface area (Å²) in [5.74, 6) is 0.478. The van der Waals surface area contributed by atoms with Crippen LogP contribution >= 0.6 is 0 Å². The Hall–Kier alpha value is -2.59. The number of aliphatic imine (C=N–C) groups is 1. The van der Waals surface area contributed by atoms with Crippen molar-refractivity contribution in [3.05, 3.63) is 65.2 Å². The van der Waals surface area contributed by atoms with Gasteiger partial charge in [0.2, 0.25) is 10.0 Å². The van der Waals surface area contributed by atoms with E-state index in [1.807, 2.05) is 6.92 Å². The molecular weight excluding hydrogens is 405 g/mol. The summed E-state index contributed by atoms with van der Waals surface area (Å²) in [5.41, 5.74) is 0.653. The van der Waals surface area contributed by atoms with Gasteiger partial charge in [0.1, 0.15) is 0 Å². The highest BCUT2D eigenvalue weighted by molar-refractivity contribution is 7.89. The van der Waals surface area contributed by atoms with Crippen LogP contribution in [-0.2, 0) is 29.2 Å². The molecular formula is C19H23F3N4O2S. The molecule has 4 N–H and O–H groups in total. The number of hydrogen-bond donors (Lipinski definition) is 3. The average molecular weight is 428 g/mol. The Balaban J connectivity index is 1.96. The quantitative estimate of drug-likeness (QED) is 0.467. The van der Waals surface area contributed by atoms with Gasteiger partial charge in [-0.15, -0.1) is 0 Å². The molecule has 2 aromatic rings. The van der Waals surface area contributed by atoms with Gasteiger partial charge >= 0.3 is 6.18 Å². The minimum Gasteiger partial charge on any atom is -0.357 e. The van der Waals surface area contributed by atoms with Gasteiger partial charge < -0.3 is 10.6 Å². The molecule has 0 spiro atoms. The van der Waals surface area contributed by atoms with Crippen LogP contribution in [0.1, 0.15) is 23.6 Å². The van der Waals surface area contributed by atoms with Crippen molar-refractivity contribution in [3.63, 3.8) is 0 Å². The van der Waals surface area contributed by atoms with Gasteiger partial charge in [0.15, 0.2) is 5.96 Å². The van der Waals surface area contributed by atoms with Crippen LogP contribution < -0.4 is 15.8 Å². The first-order chi connectivity index (χ1) is 13.6. The van der Waals surface area contributed by atoms with E-state index >= 15 is 0 Å². The average Bonchev–Trinajstić information content (AvgIpc) is 2.65. The fraction of sp³-hybridized carbons (Fsp3) is 0.316. The van der Waals surface area contributed by atoms with Crippen molar-refractivity contribution in [1.29, 1.82) is 0 Å². The van der Waals surface area contributed by atoms with Crippen molar-refractivity contribution in [2.45, 2.75) is 31.0 Å². The van der Waals surface area contributed by atoms with Crippen molar-refractivity contribution < 1.29 is 21.6 Å². The molecule has 0 saturated carbocycles. The zero-order valence-corrected chi connectivity index (χ0v) is 16.6. The highest BCUT2D eigenvalue weighted by atomic mass is 32.2. The Kier molecular flexibility index (Phi) is 7.63. The maximum Gasteiger partial charge on any atom is 0.416 e. The lowest BCUT2D eigenvalue weighted by molar-refractivity contribution is -0.137. The molecule has 0 amide bonds. The van der Waals surface area contributed by atoms with Crippen LogP contribution in [0.25, 0.3) is 0 Å². The molecule has 0 atom stereocenters. The van der Waals surface area contributed by atoms with E-state index in [9.17, 15) is 21.6 Å². The van der Waals surface area contributed by atoms with Gasteiger partial charge in [-0.2, -0.15) is 13.2 Å². The Morgan fingerprint density at radius 2 is 1.76 bits per heavy atom. The number of primary sulfonamides is 1. The lowest BCUT2D eigenvalue weighted by Gasteiger charge is -2.12. The number of sulfonamides is 1. The number of benzene rings is 2. The van der Waals surface area contributed by atoms with E-state index in [-0.39, 0.29) is 11.4 Å². The summed E-state index contributed by atoms with van der Waals surface area (Å²) in [4.78, 5) is 4.36. The van der Waals surface area contributed by atoms with Crippen molar-refractivity contribution in [2.24, 2.45) is 10.1 Å². The van der Waals surface area contributed by atoms with Crippen molar-refractivity contribution in [1.82, 2.24) is 10.6 Å². The molecule has 0 heterocycles. The largest absolute Gasteiger partial charge is 0.416 e. The molecule has 10 heteroatoms. The number of halogens is 3. The summed E-state index contributed by atoms with van der Waals surface area (Å²) >= 11 is 0.